The van der Waals surface area contributed by atoms with Crippen LogP contribution in [-0.4, -0.2) is 26.3 Å². The molecule has 13 heavy (non-hydrogen) atoms. The topological polar surface area (TPSA) is 21.3 Å². The highest BCUT2D eigenvalue weighted by atomic mass is 16.5. The fourth-order valence-corrected chi connectivity index (χ4v) is 1.97. The monoisotopic (exact) mass is 185 g/mol. The molecule has 0 spiro atoms. The molecule has 0 aromatic carbocycles. The number of rotatable bonds is 7. The zero-order valence-electron chi connectivity index (χ0n) is 9.07. The van der Waals surface area contributed by atoms with Crippen molar-refractivity contribution in [2.75, 3.05) is 26.3 Å². The van der Waals surface area contributed by atoms with Crippen LogP contribution in [0.15, 0.2) is 0 Å². The molecule has 1 aliphatic carbocycles. The minimum atomic E-state index is 0.645. The first-order valence-corrected chi connectivity index (χ1v) is 5.61. The van der Waals surface area contributed by atoms with E-state index in [4.69, 9.17) is 4.74 Å². The molecule has 1 rings (SSSR count). The molecule has 1 N–H and O–H groups in total. The van der Waals surface area contributed by atoms with Crippen LogP contribution in [0.5, 0.6) is 0 Å². The molecular formula is C11H23NO. The number of nitrogens with one attached hydrogen (secondary N) is 1. The molecule has 1 aliphatic rings. The van der Waals surface area contributed by atoms with Gasteiger partial charge in [0.1, 0.15) is 0 Å². The van der Waals surface area contributed by atoms with Crippen molar-refractivity contribution in [1.29, 1.82) is 0 Å². The maximum Gasteiger partial charge on any atom is 0.0590 e. The molecule has 0 atom stereocenters. The largest absolute Gasteiger partial charge is 0.380 e. The Labute approximate surface area is 82.0 Å². The van der Waals surface area contributed by atoms with Gasteiger partial charge in [-0.25, -0.2) is 0 Å². The SMILES string of the molecule is CCOCCNCC1(CC)CCC1. The van der Waals surface area contributed by atoms with Gasteiger partial charge in [-0.3, -0.25) is 0 Å². The molecular weight excluding hydrogens is 162 g/mol. The lowest BCUT2D eigenvalue weighted by Gasteiger charge is -2.41. The van der Waals surface area contributed by atoms with E-state index in [9.17, 15) is 0 Å². The molecule has 1 saturated carbocycles. The lowest BCUT2D eigenvalue weighted by molar-refractivity contribution is 0.110. The summed E-state index contributed by atoms with van der Waals surface area (Å²) in [5.74, 6) is 0. The third-order valence-corrected chi connectivity index (χ3v) is 3.29. The van der Waals surface area contributed by atoms with Gasteiger partial charge in [0.25, 0.3) is 0 Å². The van der Waals surface area contributed by atoms with E-state index in [2.05, 4.69) is 12.2 Å². The maximum atomic E-state index is 5.27. The molecule has 0 heterocycles. The van der Waals surface area contributed by atoms with E-state index < -0.39 is 0 Å². The van der Waals surface area contributed by atoms with Gasteiger partial charge in [-0.15, -0.1) is 0 Å². The van der Waals surface area contributed by atoms with Crippen molar-refractivity contribution in [3.05, 3.63) is 0 Å². The molecule has 78 valence electrons. The second-order valence-corrected chi connectivity index (χ2v) is 4.08. The Hall–Kier alpha value is -0.0800. The second kappa shape index (κ2) is 5.61. The summed E-state index contributed by atoms with van der Waals surface area (Å²) >= 11 is 0. The fraction of sp³-hybridized carbons (Fsp3) is 1.00. The normalized spacial score (nSPS) is 19.8. The van der Waals surface area contributed by atoms with Gasteiger partial charge in [-0.05, 0) is 31.6 Å². The highest BCUT2D eigenvalue weighted by Crippen LogP contribution is 2.42. The summed E-state index contributed by atoms with van der Waals surface area (Å²) in [6.45, 7) is 8.24. The molecule has 0 unspecified atom stereocenters. The molecule has 0 aromatic heterocycles. The summed E-state index contributed by atoms with van der Waals surface area (Å²) in [5, 5.41) is 3.49. The lowest BCUT2D eigenvalue weighted by atomic mass is 9.67. The van der Waals surface area contributed by atoms with Crippen molar-refractivity contribution in [3.63, 3.8) is 0 Å². The van der Waals surface area contributed by atoms with Crippen LogP contribution in [0, 0.1) is 5.41 Å². The van der Waals surface area contributed by atoms with Crippen LogP contribution in [0.4, 0.5) is 0 Å². The van der Waals surface area contributed by atoms with Crippen LogP contribution < -0.4 is 5.32 Å². The molecule has 2 heteroatoms. The molecule has 0 saturated heterocycles. The third kappa shape index (κ3) is 3.28. The van der Waals surface area contributed by atoms with Crippen molar-refractivity contribution >= 4 is 0 Å². The fourth-order valence-electron chi connectivity index (χ4n) is 1.97. The van der Waals surface area contributed by atoms with E-state index in [1.165, 1.54) is 32.2 Å². The Morgan fingerprint density at radius 2 is 2.08 bits per heavy atom. The Balaban J connectivity index is 1.98. The predicted molar refractivity (Wildman–Crippen MR) is 55.9 cm³/mol. The zero-order chi connectivity index (χ0) is 9.57. The molecule has 2 nitrogen and oxygen atoms in total. The minimum absolute atomic E-state index is 0.645. The van der Waals surface area contributed by atoms with Gasteiger partial charge >= 0.3 is 0 Å². The molecule has 0 bridgehead atoms. The van der Waals surface area contributed by atoms with Crippen molar-refractivity contribution < 1.29 is 4.74 Å². The van der Waals surface area contributed by atoms with Gasteiger partial charge in [-0.1, -0.05) is 13.3 Å². The highest BCUT2D eigenvalue weighted by Gasteiger charge is 2.34. The van der Waals surface area contributed by atoms with Crippen molar-refractivity contribution in [1.82, 2.24) is 5.32 Å². The average molecular weight is 185 g/mol. The summed E-state index contributed by atoms with van der Waals surface area (Å²) in [6.07, 6.45) is 5.60. The number of ether oxygens (including phenoxy) is 1. The van der Waals surface area contributed by atoms with Gasteiger partial charge in [0.05, 0.1) is 6.61 Å². The van der Waals surface area contributed by atoms with E-state index >= 15 is 0 Å². The van der Waals surface area contributed by atoms with Gasteiger partial charge in [-0.2, -0.15) is 0 Å². The molecule has 0 radical (unpaired) electrons. The smallest absolute Gasteiger partial charge is 0.0590 e. The first-order chi connectivity index (χ1) is 6.33. The number of hydrogen-bond acceptors (Lipinski definition) is 2. The Morgan fingerprint density at radius 3 is 2.54 bits per heavy atom. The first kappa shape index (κ1) is 11.0. The van der Waals surface area contributed by atoms with E-state index in [1.807, 2.05) is 6.92 Å². The van der Waals surface area contributed by atoms with E-state index in [1.54, 1.807) is 0 Å². The van der Waals surface area contributed by atoms with E-state index in [-0.39, 0.29) is 0 Å². The van der Waals surface area contributed by atoms with Crippen molar-refractivity contribution in [3.8, 4) is 0 Å². The summed E-state index contributed by atoms with van der Waals surface area (Å²) in [6, 6.07) is 0. The molecule has 0 aromatic rings. The molecule has 1 fully saturated rings. The standard InChI is InChI=1S/C11H23NO/c1-3-11(6-5-7-11)10-12-8-9-13-4-2/h12H,3-10H2,1-2H3. The molecule has 0 aliphatic heterocycles. The van der Waals surface area contributed by atoms with Crippen LogP contribution in [0.25, 0.3) is 0 Å². The summed E-state index contributed by atoms with van der Waals surface area (Å²) in [5.41, 5.74) is 0.645. The van der Waals surface area contributed by atoms with E-state index in [0.717, 1.165) is 19.8 Å². The lowest BCUT2D eigenvalue weighted by Crippen LogP contribution is -2.40. The van der Waals surface area contributed by atoms with Gasteiger partial charge < -0.3 is 10.1 Å². The molecule has 0 amide bonds. The Kier molecular flexibility index (Phi) is 4.74. The highest BCUT2D eigenvalue weighted by molar-refractivity contribution is 4.88. The zero-order valence-corrected chi connectivity index (χ0v) is 9.07. The average Bonchev–Trinajstić information content (AvgIpc) is 2.09. The van der Waals surface area contributed by atoms with Crippen LogP contribution in [0.2, 0.25) is 0 Å². The number of hydrogen-bond donors (Lipinski definition) is 1. The first-order valence-electron chi connectivity index (χ1n) is 5.61. The van der Waals surface area contributed by atoms with Crippen LogP contribution in [0.1, 0.15) is 39.5 Å². The summed E-state index contributed by atoms with van der Waals surface area (Å²) in [7, 11) is 0. The maximum absolute atomic E-state index is 5.27. The minimum Gasteiger partial charge on any atom is -0.380 e. The van der Waals surface area contributed by atoms with Crippen LogP contribution in [0.3, 0.4) is 0 Å². The second-order valence-electron chi connectivity index (χ2n) is 4.08. The van der Waals surface area contributed by atoms with Gasteiger partial charge in [0, 0.05) is 19.7 Å². The Morgan fingerprint density at radius 1 is 1.31 bits per heavy atom. The summed E-state index contributed by atoms with van der Waals surface area (Å²) in [4.78, 5) is 0. The Bertz CT molecular complexity index is 127. The van der Waals surface area contributed by atoms with Crippen LogP contribution in [-0.2, 0) is 4.74 Å². The summed E-state index contributed by atoms with van der Waals surface area (Å²) < 4.78 is 5.27. The van der Waals surface area contributed by atoms with Gasteiger partial charge in [0.15, 0.2) is 0 Å². The van der Waals surface area contributed by atoms with E-state index in [0.29, 0.717) is 5.41 Å². The predicted octanol–water partition coefficient (Wildman–Crippen LogP) is 2.19. The van der Waals surface area contributed by atoms with Crippen molar-refractivity contribution in [2.24, 2.45) is 5.41 Å². The van der Waals surface area contributed by atoms with Gasteiger partial charge in [0.2, 0.25) is 0 Å². The van der Waals surface area contributed by atoms with Crippen LogP contribution >= 0.6 is 0 Å². The third-order valence-electron chi connectivity index (χ3n) is 3.29. The van der Waals surface area contributed by atoms with Crippen molar-refractivity contribution in [2.45, 2.75) is 39.5 Å². The quantitative estimate of drug-likeness (QED) is 0.614.